The van der Waals surface area contributed by atoms with Crippen LogP contribution in [0.5, 0.6) is 0 Å². The highest BCUT2D eigenvalue weighted by Gasteiger charge is 2.11. The Balaban J connectivity index is 1.82. The highest BCUT2D eigenvalue weighted by molar-refractivity contribution is 7.21. The van der Waals surface area contributed by atoms with Gasteiger partial charge in [0.05, 0.1) is 22.0 Å². The van der Waals surface area contributed by atoms with Gasteiger partial charge < -0.3 is 10.6 Å². The van der Waals surface area contributed by atoms with Gasteiger partial charge in [0.15, 0.2) is 0 Å². The number of nitrogens with zero attached hydrogens (tertiary/aromatic N) is 4. The van der Waals surface area contributed by atoms with Gasteiger partial charge in [-0.05, 0) is 49.2 Å². The van der Waals surface area contributed by atoms with Crippen LogP contribution in [0.1, 0.15) is 46.0 Å². The molecule has 0 saturated carbocycles. The normalized spacial score (nSPS) is 12.1. The predicted octanol–water partition coefficient (Wildman–Crippen LogP) is 7.60. The smallest absolute Gasteiger partial charge is 0.231 e. The number of amides is 1. The third-order valence-electron chi connectivity index (χ3n) is 4.77. The fourth-order valence-electron chi connectivity index (χ4n) is 3.24. The number of azo groups is 1. The quantitative estimate of drug-likeness (QED) is 0.299. The molecule has 0 radical (unpaired) electrons. The summed E-state index contributed by atoms with van der Waals surface area (Å²) < 4.78 is 0.934. The molecule has 166 valence electrons. The number of benzene rings is 2. The van der Waals surface area contributed by atoms with Crippen molar-refractivity contribution >= 4 is 61.3 Å². The molecule has 0 spiro atoms. The van der Waals surface area contributed by atoms with Crippen LogP contribution in [0.3, 0.4) is 0 Å². The van der Waals surface area contributed by atoms with Crippen LogP contribution in [0, 0.1) is 11.3 Å². The fourth-order valence-corrected chi connectivity index (χ4v) is 4.31. The van der Waals surface area contributed by atoms with Gasteiger partial charge >= 0.3 is 0 Å². The molecule has 2 aromatic carbocycles. The van der Waals surface area contributed by atoms with Crippen molar-refractivity contribution in [3.8, 4) is 6.07 Å². The van der Waals surface area contributed by atoms with E-state index in [1.54, 1.807) is 6.07 Å². The third kappa shape index (κ3) is 6.74. The Kier molecular flexibility index (Phi) is 8.54. The number of hydrogen-bond donors (Lipinski definition) is 2. The molecule has 2 N–H and O–H groups in total. The molecule has 1 heterocycles. The number of carbonyl (C=O) groups excluding carboxylic acids is 1. The van der Waals surface area contributed by atoms with Crippen LogP contribution in [0.25, 0.3) is 10.2 Å². The number of hydrogen-bond acceptors (Lipinski definition) is 7. The number of aromatic nitrogens is 1. The number of anilines is 2. The highest BCUT2D eigenvalue weighted by atomic mass is 35.5. The predicted molar refractivity (Wildman–Crippen MR) is 131 cm³/mol. The summed E-state index contributed by atoms with van der Waals surface area (Å²) in [6.07, 6.45) is 4.44. The van der Waals surface area contributed by atoms with Gasteiger partial charge in [0.1, 0.15) is 5.69 Å². The van der Waals surface area contributed by atoms with Gasteiger partial charge in [0.25, 0.3) is 0 Å². The Morgan fingerprint density at radius 1 is 1.25 bits per heavy atom. The van der Waals surface area contributed by atoms with Crippen molar-refractivity contribution in [2.24, 2.45) is 10.2 Å². The van der Waals surface area contributed by atoms with Gasteiger partial charge in [-0.15, -0.1) is 10.2 Å². The first-order chi connectivity index (χ1) is 15.5. The summed E-state index contributed by atoms with van der Waals surface area (Å²) in [5, 5.41) is 25.0. The highest BCUT2D eigenvalue weighted by Crippen LogP contribution is 2.34. The topological polar surface area (TPSA) is 103 Å². The van der Waals surface area contributed by atoms with E-state index >= 15 is 0 Å². The van der Waals surface area contributed by atoms with Crippen LogP contribution in [0.15, 0.2) is 46.6 Å². The molecule has 32 heavy (non-hydrogen) atoms. The molecule has 3 aromatic rings. The number of rotatable bonds is 10. The maximum absolute atomic E-state index is 11.7. The van der Waals surface area contributed by atoms with E-state index in [9.17, 15) is 4.79 Å². The lowest BCUT2D eigenvalue weighted by atomic mass is 10.0. The Morgan fingerprint density at radius 3 is 2.84 bits per heavy atom. The standard InChI is InChI=1S/C23H25ClN6OS/c1-3-4-6-17(7-5-12-25)27-18-9-11-19(21(14-18)26-15(2)31)29-30-23-28-20-10-8-16(24)13-22(20)32-23/h8-11,13-14,17,27H,3-7H2,1-2H3,(H,26,31). The second kappa shape index (κ2) is 11.6. The minimum Gasteiger partial charge on any atom is -0.382 e. The van der Waals surface area contributed by atoms with E-state index in [2.05, 4.69) is 38.8 Å². The van der Waals surface area contributed by atoms with E-state index in [1.807, 2.05) is 30.3 Å². The number of halogens is 1. The molecular formula is C23H25ClN6OS. The maximum Gasteiger partial charge on any atom is 0.231 e. The molecule has 7 nitrogen and oxygen atoms in total. The summed E-state index contributed by atoms with van der Waals surface area (Å²) in [6.45, 7) is 3.60. The molecule has 0 bridgehead atoms. The van der Waals surface area contributed by atoms with Crippen molar-refractivity contribution in [2.75, 3.05) is 10.6 Å². The zero-order valence-electron chi connectivity index (χ0n) is 18.1. The van der Waals surface area contributed by atoms with Crippen molar-refractivity contribution < 1.29 is 4.79 Å². The van der Waals surface area contributed by atoms with E-state index < -0.39 is 0 Å². The lowest BCUT2D eigenvalue weighted by Gasteiger charge is -2.19. The summed E-state index contributed by atoms with van der Waals surface area (Å²) >= 11 is 7.43. The second-order valence-electron chi connectivity index (χ2n) is 7.40. The third-order valence-corrected chi connectivity index (χ3v) is 5.91. The van der Waals surface area contributed by atoms with Crippen molar-refractivity contribution in [3.05, 3.63) is 41.4 Å². The number of thiazole rings is 1. The second-order valence-corrected chi connectivity index (χ2v) is 8.85. The number of nitrogens with one attached hydrogen (secondary N) is 2. The summed E-state index contributed by atoms with van der Waals surface area (Å²) in [6, 6.07) is 13.4. The van der Waals surface area contributed by atoms with Gasteiger partial charge in [-0.2, -0.15) is 5.26 Å². The molecular weight excluding hydrogens is 444 g/mol. The van der Waals surface area contributed by atoms with Gasteiger partial charge in [0, 0.05) is 30.1 Å². The SMILES string of the molecule is CCCCC(CCC#N)Nc1ccc(N=Nc2nc3ccc(Cl)cc3s2)c(NC(C)=O)c1. The Labute approximate surface area is 196 Å². The molecule has 0 saturated heterocycles. The van der Waals surface area contributed by atoms with Gasteiger partial charge in [-0.1, -0.05) is 42.7 Å². The number of fused-ring (bicyclic) bond motifs is 1. The Bertz CT molecular complexity index is 1150. The molecule has 1 aromatic heterocycles. The number of unbranched alkanes of at least 4 members (excludes halogenated alkanes) is 1. The molecule has 3 rings (SSSR count). The van der Waals surface area contributed by atoms with Crippen molar-refractivity contribution in [1.29, 1.82) is 5.26 Å². The van der Waals surface area contributed by atoms with E-state index in [0.717, 1.165) is 41.6 Å². The molecule has 0 aliphatic heterocycles. The van der Waals surface area contributed by atoms with E-state index in [4.69, 9.17) is 16.9 Å². The molecule has 1 amide bonds. The van der Waals surface area contributed by atoms with Crippen molar-refractivity contribution in [3.63, 3.8) is 0 Å². The number of carbonyl (C=O) groups is 1. The molecule has 9 heteroatoms. The van der Waals surface area contributed by atoms with Crippen LogP contribution < -0.4 is 10.6 Å². The Morgan fingerprint density at radius 2 is 2.09 bits per heavy atom. The minimum atomic E-state index is -0.194. The lowest BCUT2D eigenvalue weighted by Crippen LogP contribution is -2.19. The molecule has 1 atom stereocenters. The van der Waals surface area contributed by atoms with Crippen LogP contribution in [-0.2, 0) is 4.79 Å². The molecule has 0 aliphatic rings. The van der Waals surface area contributed by atoms with E-state index in [1.165, 1.54) is 18.3 Å². The summed E-state index contributed by atoms with van der Waals surface area (Å²) in [5.41, 5.74) is 2.77. The lowest BCUT2D eigenvalue weighted by molar-refractivity contribution is -0.114. The maximum atomic E-state index is 11.7. The van der Waals surface area contributed by atoms with Gasteiger partial charge in [0.2, 0.25) is 11.0 Å². The zero-order valence-corrected chi connectivity index (χ0v) is 19.6. The van der Waals surface area contributed by atoms with Crippen LogP contribution in [0.4, 0.5) is 22.2 Å². The molecule has 0 aliphatic carbocycles. The van der Waals surface area contributed by atoms with Crippen LogP contribution in [0.2, 0.25) is 5.02 Å². The average Bonchev–Trinajstić information content (AvgIpc) is 3.16. The fraction of sp³-hybridized carbons (Fsp3) is 0.348. The first-order valence-electron chi connectivity index (χ1n) is 10.5. The van der Waals surface area contributed by atoms with Crippen molar-refractivity contribution in [1.82, 2.24) is 4.98 Å². The van der Waals surface area contributed by atoms with Crippen molar-refractivity contribution in [2.45, 2.75) is 52.0 Å². The monoisotopic (exact) mass is 468 g/mol. The summed E-state index contributed by atoms with van der Waals surface area (Å²) in [4.78, 5) is 16.2. The van der Waals surface area contributed by atoms with Crippen LogP contribution in [-0.4, -0.2) is 16.9 Å². The molecule has 1 unspecified atom stereocenters. The minimum absolute atomic E-state index is 0.194. The van der Waals surface area contributed by atoms with Crippen LogP contribution >= 0.6 is 22.9 Å². The summed E-state index contributed by atoms with van der Waals surface area (Å²) in [7, 11) is 0. The van der Waals surface area contributed by atoms with Gasteiger partial charge in [-0.3, -0.25) is 4.79 Å². The average molecular weight is 469 g/mol. The first-order valence-corrected chi connectivity index (χ1v) is 11.7. The van der Waals surface area contributed by atoms with E-state index in [-0.39, 0.29) is 11.9 Å². The zero-order chi connectivity index (χ0) is 22.9. The largest absolute Gasteiger partial charge is 0.382 e. The first kappa shape index (κ1) is 23.6. The molecule has 0 fully saturated rings. The number of nitriles is 1. The Hall–Kier alpha value is -3.02. The van der Waals surface area contributed by atoms with Gasteiger partial charge in [-0.25, -0.2) is 4.98 Å². The summed E-state index contributed by atoms with van der Waals surface area (Å²) in [5.74, 6) is -0.194. The van der Waals surface area contributed by atoms with E-state index in [0.29, 0.717) is 27.9 Å².